The van der Waals surface area contributed by atoms with E-state index in [-0.39, 0.29) is 17.9 Å². The fraction of sp³-hybridized carbons (Fsp3) is 0.562. The SMILES string of the molecule is CCCC(NC(=O)C(C)N1C(=O)NC(C)(C)C1=O)c1cccs1. The van der Waals surface area contributed by atoms with Crippen LogP contribution in [0.1, 0.15) is 51.5 Å². The molecule has 23 heavy (non-hydrogen) atoms. The van der Waals surface area contributed by atoms with Crippen molar-refractivity contribution in [1.82, 2.24) is 15.5 Å². The van der Waals surface area contributed by atoms with Gasteiger partial charge in [0.05, 0.1) is 6.04 Å². The van der Waals surface area contributed by atoms with Crippen LogP contribution in [-0.4, -0.2) is 34.3 Å². The average molecular weight is 337 g/mol. The van der Waals surface area contributed by atoms with Crippen LogP contribution < -0.4 is 10.6 Å². The highest BCUT2D eigenvalue weighted by atomic mass is 32.1. The number of amides is 4. The smallest absolute Gasteiger partial charge is 0.325 e. The van der Waals surface area contributed by atoms with Crippen molar-refractivity contribution < 1.29 is 14.4 Å². The topological polar surface area (TPSA) is 78.5 Å². The molecule has 126 valence electrons. The van der Waals surface area contributed by atoms with Crippen LogP contribution >= 0.6 is 11.3 Å². The molecule has 2 heterocycles. The van der Waals surface area contributed by atoms with Crippen LogP contribution in [0, 0.1) is 0 Å². The molecule has 7 heteroatoms. The van der Waals surface area contributed by atoms with E-state index in [4.69, 9.17) is 0 Å². The molecule has 1 aromatic heterocycles. The van der Waals surface area contributed by atoms with E-state index in [0.717, 1.165) is 22.6 Å². The van der Waals surface area contributed by atoms with Crippen molar-refractivity contribution in [3.8, 4) is 0 Å². The number of carbonyl (C=O) groups excluding carboxylic acids is 3. The Bertz CT molecular complexity index is 598. The van der Waals surface area contributed by atoms with E-state index in [2.05, 4.69) is 17.6 Å². The second-order valence-electron chi connectivity index (χ2n) is 6.27. The van der Waals surface area contributed by atoms with Crippen LogP contribution in [-0.2, 0) is 9.59 Å². The summed E-state index contributed by atoms with van der Waals surface area (Å²) in [6, 6.07) is 2.46. The summed E-state index contributed by atoms with van der Waals surface area (Å²) in [4.78, 5) is 38.9. The molecule has 1 saturated heterocycles. The fourth-order valence-corrected chi connectivity index (χ4v) is 3.41. The van der Waals surface area contributed by atoms with Crippen LogP contribution in [0.3, 0.4) is 0 Å². The van der Waals surface area contributed by atoms with Crippen LogP contribution in [0.25, 0.3) is 0 Å². The van der Waals surface area contributed by atoms with Crippen molar-refractivity contribution >= 4 is 29.2 Å². The zero-order valence-electron chi connectivity index (χ0n) is 13.9. The Kier molecular flexibility index (Phi) is 5.09. The number of imide groups is 1. The first-order chi connectivity index (χ1) is 10.8. The molecule has 4 amide bonds. The van der Waals surface area contributed by atoms with Gasteiger partial charge in [0.15, 0.2) is 0 Å². The first-order valence-electron chi connectivity index (χ1n) is 7.77. The second-order valence-corrected chi connectivity index (χ2v) is 7.25. The molecule has 0 aromatic carbocycles. The standard InChI is InChI=1S/C16H23N3O3S/c1-5-7-11(12-8-6-9-23-12)17-13(20)10(2)19-14(21)16(3,4)18-15(19)22/h6,8-11H,5,7H2,1-4H3,(H,17,20)(H,18,22). The normalized spacial score (nSPS) is 19.4. The fourth-order valence-electron chi connectivity index (χ4n) is 2.60. The molecule has 0 bridgehead atoms. The summed E-state index contributed by atoms with van der Waals surface area (Å²) in [5, 5.41) is 7.52. The minimum Gasteiger partial charge on any atom is -0.347 e. The van der Waals surface area contributed by atoms with Crippen molar-refractivity contribution in [2.24, 2.45) is 0 Å². The molecule has 0 spiro atoms. The molecule has 1 aliphatic heterocycles. The van der Waals surface area contributed by atoms with E-state index < -0.39 is 17.6 Å². The Morgan fingerprint density at radius 1 is 1.43 bits per heavy atom. The van der Waals surface area contributed by atoms with Gasteiger partial charge >= 0.3 is 6.03 Å². The van der Waals surface area contributed by atoms with Crippen LogP contribution in [0.15, 0.2) is 17.5 Å². The first kappa shape index (κ1) is 17.5. The van der Waals surface area contributed by atoms with E-state index in [9.17, 15) is 14.4 Å². The van der Waals surface area contributed by atoms with Gasteiger partial charge in [0, 0.05) is 4.88 Å². The number of rotatable bonds is 6. The quantitative estimate of drug-likeness (QED) is 0.783. The van der Waals surface area contributed by atoms with Gasteiger partial charge in [0.1, 0.15) is 11.6 Å². The highest BCUT2D eigenvalue weighted by Crippen LogP contribution is 2.24. The van der Waals surface area contributed by atoms with Gasteiger partial charge in [-0.25, -0.2) is 9.69 Å². The Balaban J connectivity index is 2.10. The van der Waals surface area contributed by atoms with Crippen LogP contribution in [0.5, 0.6) is 0 Å². The van der Waals surface area contributed by atoms with E-state index in [1.54, 1.807) is 32.1 Å². The Hall–Kier alpha value is -1.89. The van der Waals surface area contributed by atoms with Gasteiger partial charge in [-0.2, -0.15) is 0 Å². The zero-order chi connectivity index (χ0) is 17.2. The van der Waals surface area contributed by atoms with Gasteiger partial charge in [-0.3, -0.25) is 9.59 Å². The molecule has 0 radical (unpaired) electrons. The lowest BCUT2D eigenvalue weighted by Crippen LogP contribution is -2.49. The number of urea groups is 1. The number of hydrogen-bond donors (Lipinski definition) is 2. The van der Waals surface area contributed by atoms with Crippen molar-refractivity contribution in [2.75, 3.05) is 0 Å². The largest absolute Gasteiger partial charge is 0.347 e. The molecule has 2 rings (SSSR count). The van der Waals surface area contributed by atoms with Gasteiger partial charge in [-0.15, -0.1) is 11.3 Å². The van der Waals surface area contributed by atoms with Crippen molar-refractivity contribution in [3.63, 3.8) is 0 Å². The lowest BCUT2D eigenvalue weighted by molar-refractivity contribution is -0.137. The molecule has 0 aliphatic carbocycles. The monoisotopic (exact) mass is 337 g/mol. The molecule has 1 aromatic rings. The number of nitrogens with one attached hydrogen (secondary N) is 2. The molecular weight excluding hydrogens is 314 g/mol. The Morgan fingerprint density at radius 3 is 2.61 bits per heavy atom. The van der Waals surface area contributed by atoms with E-state index in [0.29, 0.717) is 0 Å². The van der Waals surface area contributed by atoms with Gasteiger partial charge in [0.2, 0.25) is 5.91 Å². The maximum absolute atomic E-state index is 12.5. The summed E-state index contributed by atoms with van der Waals surface area (Å²) in [6.07, 6.45) is 1.73. The molecule has 1 aliphatic rings. The maximum Gasteiger partial charge on any atom is 0.325 e. The number of nitrogens with zero attached hydrogens (tertiary/aromatic N) is 1. The highest BCUT2D eigenvalue weighted by molar-refractivity contribution is 7.10. The van der Waals surface area contributed by atoms with Crippen molar-refractivity contribution in [3.05, 3.63) is 22.4 Å². The van der Waals surface area contributed by atoms with Crippen LogP contribution in [0.2, 0.25) is 0 Å². The molecule has 6 nitrogen and oxygen atoms in total. The third-order valence-corrected chi connectivity index (χ3v) is 4.92. The summed E-state index contributed by atoms with van der Waals surface area (Å²) >= 11 is 1.58. The lowest BCUT2D eigenvalue weighted by Gasteiger charge is -2.25. The van der Waals surface area contributed by atoms with Gasteiger partial charge in [0.25, 0.3) is 5.91 Å². The van der Waals surface area contributed by atoms with Gasteiger partial charge in [-0.1, -0.05) is 19.4 Å². The zero-order valence-corrected chi connectivity index (χ0v) is 14.7. The highest BCUT2D eigenvalue weighted by Gasteiger charge is 2.47. The third-order valence-electron chi connectivity index (χ3n) is 3.94. The predicted octanol–water partition coefficient (Wildman–Crippen LogP) is 2.42. The molecular formula is C16H23N3O3S. The first-order valence-corrected chi connectivity index (χ1v) is 8.65. The summed E-state index contributed by atoms with van der Waals surface area (Å²) in [6.45, 7) is 6.88. The van der Waals surface area contributed by atoms with E-state index in [1.807, 2.05) is 17.5 Å². The van der Waals surface area contributed by atoms with Crippen molar-refractivity contribution in [1.29, 1.82) is 0 Å². The Morgan fingerprint density at radius 2 is 2.13 bits per heavy atom. The van der Waals surface area contributed by atoms with E-state index >= 15 is 0 Å². The predicted molar refractivity (Wildman–Crippen MR) is 89.0 cm³/mol. The van der Waals surface area contributed by atoms with Crippen molar-refractivity contribution in [2.45, 2.75) is 58.2 Å². The number of thiophene rings is 1. The third kappa shape index (κ3) is 3.55. The summed E-state index contributed by atoms with van der Waals surface area (Å²) in [7, 11) is 0. The molecule has 2 atom stereocenters. The van der Waals surface area contributed by atoms with Gasteiger partial charge < -0.3 is 10.6 Å². The second kappa shape index (κ2) is 6.70. The molecule has 1 fully saturated rings. The maximum atomic E-state index is 12.5. The minimum atomic E-state index is -0.970. The summed E-state index contributed by atoms with van der Waals surface area (Å²) in [5.74, 6) is -0.702. The molecule has 2 unspecified atom stereocenters. The molecule has 0 saturated carbocycles. The Labute approximate surface area is 140 Å². The van der Waals surface area contributed by atoms with Gasteiger partial charge in [-0.05, 0) is 38.6 Å². The summed E-state index contributed by atoms with van der Waals surface area (Å²) in [5.41, 5.74) is -0.970. The number of carbonyl (C=O) groups is 3. The van der Waals surface area contributed by atoms with E-state index in [1.165, 1.54) is 0 Å². The number of hydrogen-bond acceptors (Lipinski definition) is 4. The lowest BCUT2D eigenvalue weighted by atomic mass is 10.1. The van der Waals surface area contributed by atoms with Crippen LogP contribution in [0.4, 0.5) is 4.79 Å². The summed E-state index contributed by atoms with van der Waals surface area (Å²) < 4.78 is 0. The molecule has 2 N–H and O–H groups in total. The average Bonchev–Trinajstić information content (AvgIpc) is 3.05. The minimum absolute atomic E-state index is 0.0938.